The zero-order chi connectivity index (χ0) is 17.5. The first kappa shape index (κ1) is 17.5. The van der Waals surface area contributed by atoms with Crippen molar-refractivity contribution >= 4 is 17.6 Å². The Kier molecular flexibility index (Phi) is 5.95. The fourth-order valence-electron chi connectivity index (χ4n) is 2.35. The minimum atomic E-state index is -0.187. The average molecular weight is 325 g/mol. The molecule has 0 aromatic heterocycles. The van der Waals surface area contributed by atoms with Crippen molar-refractivity contribution in [1.82, 2.24) is 10.2 Å². The first-order valence-corrected chi connectivity index (χ1v) is 7.96. The Bertz CT molecular complexity index is 714. The summed E-state index contributed by atoms with van der Waals surface area (Å²) in [6.07, 6.45) is 0. The number of carbonyl (C=O) groups is 2. The molecule has 0 saturated heterocycles. The third-order valence-electron chi connectivity index (χ3n) is 3.68. The lowest BCUT2D eigenvalue weighted by Crippen LogP contribution is -2.31. The fraction of sp³-hybridized carbons (Fsp3) is 0.263. The van der Waals surface area contributed by atoms with Crippen molar-refractivity contribution in [3.05, 3.63) is 65.2 Å². The number of carbonyl (C=O) groups excluding carboxylic acids is 2. The molecular formula is C19H23N3O2. The second-order valence-electron chi connectivity index (χ2n) is 5.66. The van der Waals surface area contributed by atoms with Crippen LogP contribution in [0.25, 0.3) is 0 Å². The van der Waals surface area contributed by atoms with Crippen molar-refractivity contribution in [2.24, 2.45) is 0 Å². The quantitative estimate of drug-likeness (QED) is 0.885. The Morgan fingerprint density at radius 2 is 1.79 bits per heavy atom. The summed E-state index contributed by atoms with van der Waals surface area (Å²) in [5.74, 6) is -0.111. The van der Waals surface area contributed by atoms with Gasteiger partial charge in [0.1, 0.15) is 0 Å². The largest absolute Gasteiger partial charge is 0.352 e. The Balaban J connectivity index is 2.02. The Morgan fingerprint density at radius 3 is 2.42 bits per heavy atom. The van der Waals surface area contributed by atoms with Crippen LogP contribution in [0.2, 0.25) is 0 Å². The van der Waals surface area contributed by atoms with Gasteiger partial charge in [0.25, 0.3) is 5.91 Å². The molecule has 0 spiro atoms. The minimum absolute atomic E-state index is 0.111. The Morgan fingerprint density at radius 1 is 1.08 bits per heavy atom. The Hall–Kier alpha value is -2.82. The van der Waals surface area contributed by atoms with E-state index < -0.39 is 0 Å². The van der Waals surface area contributed by atoms with E-state index in [1.807, 2.05) is 44.2 Å². The van der Waals surface area contributed by atoms with E-state index in [0.29, 0.717) is 24.3 Å². The molecule has 5 heteroatoms. The molecule has 0 heterocycles. The molecule has 2 aromatic carbocycles. The van der Waals surface area contributed by atoms with Crippen molar-refractivity contribution in [2.75, 3.05) is 18.9 Å². The molecule has 0 radical (unpaired) electrons. The summed E-state index contributed by atoms with van der Waals surface area (Å²) in [4.78, 5) is 25.8. The van der Waals surface area contributed by atoms with E-state index >= 15 is 0 Å². The molecule has 2 rings (SSSR count). The molecule has 2 aromatic rings. The fourth-order valence-corrected chi connectivity index (χ4v) is 2.35. The lowest BCUT2D eigenvalue weighted by atomic mass is 10.1. The molecule has 0 saturated carbocycles. The molecule has 0 aliphatic carbocycles. The lowest BCUT2D eigenvalue weighted by molar-refractivity contribution is 0.0955. The van der Waals surface area contributed by atoms with Gasteiger partial charge in [-0.15, -0.1) is 0 Å². The van der Waals surface area contributed by atoms with Crippen LogP contribution in [-0.2, 0) is 6.54 Å². The molecule has 0 bridgehead atoms. The molecular weight excluding hydrogens is 302 g/mol. The second-order valence-corrected chi connectivity index (χ2v) is 5.66. The van der Waals surface area contributed by atoms with Crippen LogP contribution in [0.3, 0.4) is 0 Å². The Labute approximate surface area is 142 Å². The number of hydrogen-bond acceptors (Lipinski definition) is 2. The van der Waals surface area contributed by atoms with Crippen LogP contribution >= 0.6 is 0 Å². The predicted octanol–water partition coefficient (Wildman–Crippen LogP) is 3.41. The van der Waals surface area contributed by atoms with Gasteiger partial charge in [0.15, 0.2) is 0 Å². The van der Waals surface area contributed by atoms with E-state index in [0.717, 1.165) is 11.1 Å². The number of hydrogen-bond donors (Lipinski definition) is 2. The summed E-state index contributed by atoms with van der Waals surface area (Å²) in [5.41, 5.74) is 3.21. The topological polar surface area (TPSA) is 61.4 Å². The molecule has 2 N–H and O–H groups in total. The van der Waals surface area contributed by atoms with E-state index in [4.69, 9.17) is 0 Å². The van der Waals surface area contributed by atoms with Crippen LogP contribution < -0.4 is 10.6 Å². The average Bonchev–Trinajstić information content (AvgIpc) is 2.57. The van der Waals surface area contributed by atoms with Crippen molar-refractivity contribution in [2.45, 2.75) is 20.4 Å². The minimum Gasteiger partial charge on any atom is -0.352 e. The van der Waals surface area contributed by atoms with Gasteiger partial charge in [-0.1, -0.05) is 30.3 Å². The smallest absolute Gasteiger partial charge is 0.321 e. The number of nitrogens with one attached hydrogen (secondary N) is 2. The van der Waals surface area contributed by atoms with Gasteiger partial charge in [-0.05, 0) is 43.2 Å². The monoisotopic (exact) mass is 325 g/mol. The number of benzene rings is 2. The summed E-state index contributed by atoms with van der Waals surface area (Å²) < 4.78 is 0. The van der Waals surface area contributed by atoms with Crippen LogP contribution in [-0.4, -0.2) is 30.4 Å². The molecule has 3 amide bonds. The van der Waals surface area contributed by atoms with Gasteiger partial charge in [-0.25, -0.2) is 4.79 Å². The van der Waals surface area contributed by atoms with Crippen LogP contribution in [0.1, 0.15) is 28.4 Å². The summed E-state index contributed by atoms with van der Waals surface area (Å²) in [6.45, 7) is 4.86. The SMILES string of the molecule is CCNC(=O)c1ccc(NC(=O)N(C)Cc2ccccc2)c(C)c1. The molecule has 126 valence electrons. The van der Waals surface area contributed by atoms with Gasteiger partial charge in [-0.3, -0.25) is 4.79 Å². The van der Waals surface area contributed by atoms with Crippen molar-refractivity contribution in [3.8, 4) is 0 Å². The molecule has 0 aliphatic rings. The maximum Gasteiger partial charge on any atom is 0.321 e. The molecule has 24 heavy (non-hydrogen) atoms. The van der Waals surface area contributed by atoms with E-state index in [9.17, 15) is 9.59 Å². The summed E-state index contributed by atoms with van der Waals surface area (Å²) in [7, 11) is 1.75. The van der Waals surface area contributed by atoms with Crippen molar-refractivity contribution in [1.29, 1.82) is 0 Å². The molecule has 5 nitrogen and oxygen atoms in total. The van der Waals surface area contributed by atoms with Crippen LogP contribution in [0.15, 0.2) is 48.5 Å². The van der Waals surface area contributed by atoms with Gasteiger partial charge >= 0.3 is 6.03 Å². The van der Waals surface area contributed by atoms with E-state index in [-0.39, 0.29) is 11.9 Å². The zero-order valence-corrected chi connectivity index (χ0v) is 14.3. The van der Waals surface area contributed by atoms with E-state index in [1.165, 1.54) is 0 Å². The standard InChI is InChI=1S/C19H23N3O2/c1-4-20-18(23)16-10-11-17(14(2)12-16)21-19(24)22(3)13-15-8-6-5-7-9-15/h5-12H,4,13H2,1-3H3,(H,20,23)(H,21,24). The second kappa shape index (κ2) is 8.15. The van der Waals surface area contributed by atoms with Crippen LogP contribution in [0.5, 0.6) is 0 Å². The summed E-state index contributed by atoms with van der Waals surface area (Å²) >= 11 is 0. The maximum atomic E-state index is 12.3. The number of nitrogens with zero attached hydrogens (tertiary/aromatic N) is 1. The van der Waals surface area contributed by atoms with Gasteiger partial charge in [0.05, 0.1) is 0 Å². The third kappa shape index (κ3) is 4.59. The highest BCUT2D eigenvalue weighted by Crippen LogP contribution is 2.17. The number of urea groups is 1. The van der Waals surface area contributed by atoms with Gasteiger partial charge in [-0.2, -0.15) is 0 Å². The molecule has 0 unspecified atom stereocenters. The van der Waals surface area contributed by atoms with Crippen LogP contribution in [0.4, 0.5) is 10.5 Å². The van der Waals surface area contributed by atoms with Crippen LogP contribution in [0, 0.1) is 6.92 Å². The number of rotatable bonds is 5. The summed E-state index contributed by atoms with van der Waals surface area (Å²) in [6, 6.07) is 14.9. The molecule has 0 aliphatic heterocycles. The highest BCUT2D eigenvalue weighted by molar-refractivity contribution is 5.96. The predicted molar refractivity (Wildman–Crippen MR) is 96.1 cm³/mol. The number of aryl methyl sites for hydroxylation is 1. The lowest BCUT2D eigenvalue weighted by Gasteiger charge is -2.19. The van der Waals surface area contributed by atoms with E-state index in [1.54, 1.807) is 30.1 Å². The summed E-state index contributed by atoms with van der Waals surface area (Å²) in [5, 5.41) is 5.64. The first-order chi connectivity index (χ1) is 11.5. The van der Waals surface area contributed by atoms with Gasteiger partial charge < -0.3 is 15.5 Å². The van der Waals surface area contributed by atoms with E-state index in [2.05, 4.69) is 10.6 Å². The third-order valence-corrected chi connectivity index (χ3v) is 3.68. The normalized spacial score (nSPS) is 10.1. The zero-order valence-electron chi connectivity index (χ0n) is 14.3. The highest BCUT2D eigenvalue weighted by Gasteiger charge is 2.12. The molecule has 0 fully saturated rings. The van der Waals surface area contributed by atoms with Gasteiger partial charge in [0.2, 0.25) is 0 Å². The van der Waals surface area contributed by atoms with Crippen molar-refractivity contribution in [3.63, 3.8) is 0 Å². The first-order valence-electron chi connectivity index (χ1n) is 7.96. The maximum absolute atomic E-state index is 12.3. The number of amides is 3. The van der Waals surface area contributed by atoms with Crippen molar-refractivity contribution < 1.29 is 9.59 Å². The van der Waals surface area contributed by atoms with Gasteiger partial charge in [0, 0.05) is 31.4 Å². The highest BCUT2D eigenvalue weighted by atomic mass is 16.2. The molecule has 0 atom stereocenters. The number of anilines is 1.